The number of aromatic nitrogens is 4. The molecule has 8 nitrogen and oxygen atoms in total. The third-order valence-electron chi connectivity index (χ3n) is 3.93. The summed E-state index contributed by atoms with van der Waals surface area (Å²) in [7, 11) is 1.88. The molecule has 1 atom stereocenters. The van der Waals surface area contributed by atoms with Crippen molar-refractivity contribution < 1.29 is 4.79 Å². The van der Waals surface area contributed by atoms with Gasteiger partial charge in [0.25, 0.3) is 5.91 Å². The quantitative estimate of drug-likeness (QED) is 0.296. The van der Waals surface area contributed by atoms with E-state index in [1.54, 1.807) is 19.2 Å². The van der Waals surface area contributed by atoms with E-state index in [1.807, 2.05) is 48.0 Å². The summed E-state index contributed by atoms with van der Waals surface area (Å²) in [5.41, 5.74) is 4.19. The van der Waals surface area contributed by atoms with Gasteiger partial charge in [-0.25, -0.2) is 5.43 Å². The number of hydrazone groups is 1. The molecular weight excluding hydrogens is 454 g/mol. The van der Waals surface area contributed by atoms with Gasteiger partial charge in [-0.15, -0.1) is 10.2 Å². The molecule has 0 fully saturated rings. The van der Waals surface area contributed by atoms with Crippen molar-refractivity contribution >= 4 is 45.5 Å². The van der Waals surface area contributed by atoms with Crippen LogP contribution in [0.5, 0.6) is 0 Å². The maximum Gasteiger partial charge on any atom is 0.253 e. The Morgan fingerprint density at radius 2 is 2.07 bits per heavy atom. The number of anilines is 1. The van der Waals surface area contributed by atoms with E-state index in [0.29, 0.717) is 17.4 Å². The minimum absolute atomic E-state index is 0.222. The number of hydrogen-bond acceptors (Lipinski definition) is 7. The van der Waals surface area contributed by atoms with Crippen LogP contribution in [0, 0.1) is 0 Å². The molecule has 0 aliphatic heterocycles. The average Bonchev–Trinajstić information content (AvgIpc) is 3.07. The molecule has 3 rings (SSSR count). The topological polar surface area (TPSA) is 97.1 Å². The first-order chi connectivity index (χ1) is 14.0. The summed E-state index contributed by atoms with van der Waals surface area (Å²) in [6.07, 6.45) is 3.17. The van der Waals surface area contributed by atoms with Gasteiger partial charge in [-0.2, -0.15) is 5.10 Å². The molecule has 0 aliphatic rings. The number of halogens is 1. The zero-order valence-corrected chi connectivity index (χ0v) is 18.3. The minimum Gasteiger partial charge on any atom is -0.378 e. The second-order valence-electron chi connectivity index (χ2n) is 6.07. The number of carbonyl (C=O) groups is 1. The highest BCUT2D eigenvalue weighted by Crippen LogP contribution is 2.22. The van der Waals surface area contributed by atoms with Crippen molar-refractivity contribution in [2.24, 2.45) is 12.1 Å². The second kappa shape index (κ2) is 10.2. The van der Waals surface area contributed by atoms with Crippen LogP contribution in [-0.4, -0.2) is 37.1 Å². The van der Waals surface area contributed by atoms with Gasteiger partial charge >= 0.3 is 0 Å². The van der Waals surface area contributed by atoms with Gasteiger partial charge in [0.1, 0.15) is 0 Å². The van der Waals surface area contributed by atoms with Gasteiger partial charge in [0.05, 0.1) is 23.7 Å². The van der Waals surface area contributed by atoms with Crippen molar-refractivity contribution in [1.82, 2.24) is 25.2 Å². The Bertz CT molecular complexity index is 976. The summed E-state index contributed by atoms with van der Waals surface area (Å²) < 4.78 is 2.90. The monoisotopic (exact) mass is 473 g/mol. The smallest absolute Gasteiger partial charge is 0.253 e. The summed E-state index contributed by atoms with van der Waals surface area (Å²) in [5.74, 6) is 0.552. The summed E-state index contributed by atoms with van der Waals surface area (Å²) in [6, 6.07) is 13.4. The Balaban J connectivity index is 1.52. The molecule has 1 amide bonds. The Morgan fingerprint density at radius 1 is 1.28 bits per heavy atom. The maximum absolute atomic E-state index is 12.3. The van der Waals surface area contributed by atoms with Crippen LogP contribution in [0.2, 0.25) is 0 Å². The molecule has 2 N–H and O–H groups in total. The highest BCUT2D eigenvalue weighted by atomic mass is 79.9. The van der Waals surface area contributed by atoms with Crippen LogP contribution in [0.15, 0.2) is 63.4 Å². The minimum atomic E-state index is -0.383. The number of carbonyl (C=O) groups excluding carboxylic acids is 1. The number of nitrogens with one attached hydrogen (secondary N) is 2. The normalized spacial score (nSPS) is 12.1. The highest BCUT2D eigenvalue weighted by Gasteiger charge is 2.18. The molecule has 0 aliphatic carbocycles. The third-order valence-corrected chi connectivity index (χ3v) is 5.59. The number of benzene rings is 1. The van der Waals surface area contributed by atoms with Gasteiger partial charge in [-0.3, -0.25) is 9.78 Å². The molecule has 0 bridgehead atoms. The predicted octanol–water partition coefficient (Wildman–Crippen LogP) is 3.22. The summed E-state index contributed by atoms with van der Waals surface area (Å²) >= 11 is 4.74. The van der Waals surface area contributed by atoms with Crippen molar-refractivity contribution in [3.8, 4) is 0 Å². The lowest BCUT2D eigenvalue weighted by atomic mass is 10.3. The van der Waals surface area contributed by atoms with Crippen molar-refractivity contribution in [1.29, 1.82) is 0 Å². The van der Waals surface area contributed by atoms with E-state index in [2.05, 4.69) is 47.0 Å². The first kappa shape index (κ1) is 21.0. The van der Waals surface area contributed by atoms with Crippen molar-refractivity contribution in [2.75, 3.05) is 5.32 Å². The summed E-state index contributed by atoms with van der Waals surface area (Å²) in [5, 5.41) is 15.9. The molecular formula is C19H20BrN7OS. The number of nitrogens with zero attached hydrogens (tertiary/aromatic N) is 5. The second-order valence-corrected chi connectivity index (χ2v) is 8.29. The van der Waals surface area contributed by atoms with E-state index in [0.717, 1.165) is 16.0 Å². The fourth-order valence-electron chi connectivity index (χ4n) is 2.27. The summed E-state index contributed by atoms with van der Waals surface area (Å²) in [6.45, 7) is 2.32. The summed E-state index contributed by atoms with van der Waals surface area (Å²) in [4.78, 5) is 16.4. The van der Waals surface area contributed by atoms with Crippen LogP contribution in [0.1, 0.15) is 18.4 Å². The lowest BCUT2D eigenvalue weighted by Gasteiger charge is -2.10. The number of hydrogen-bond donors (Lipinski definition) is 2. The third kappa shape index (κ3) is 6.13. The molecule has 2 heterocycles. The van der Waals surface area contributed by atoms with E-state index >= 15 is 0 Å². The van der Waals surface area contributed by atoms with Gasteiger partial charge in [-0.05, 0) is 43.3 Å². The molecule has 10 heteroatoms. The SMILES string of the molecule is C[C@@H](Sc1nnc(CNc2ccc(Br)cc2)n1C)C(=O)NN=Cc1ccccn1. The molecule has 3 aromatic rings. The molecule has 29 heavy (non-hydrogen) atoms. The van der Waals surface area contributed by atoms with E-state index in [4.69, 9.17) is 0 Å². The molecule has 0 saturated carbocycles. The largest absolute Gasteiger partial charge is 0.378 e. The molecule has 0 spiro atoms. The van der Waals surface area contributed by atoms with Crippen molar-refractivity contribution in [2.45, 2.75) is 23.9 Å². The van der Waals surface area contributed by atoms with Gasteiger partial charge in [0.15, 0.2) is 11.0 Å². The molecule has 0 saturated heterocycles. The predicted molar refractivity (Wildman–Crippen MR) is 118 cm³/mol. The number of pyridine rings is 1. The van der Waals surface area contributed by atoms with Gasteiger partial charge < -0.3 is 9.88 Å². The molecule has 2 aromatic heterocycles. The first-order valence-corrected chi connectivity index (χ1v) is 10.5. The van der Waals surface area contributed by atoms with Gasteiger partial charge in [-0.1, -0.05) is 33.8 Å². The van der Waals surface area contributed by atoms with Gasteiger partial charge in [0.2, 0.25) is 0 Å². The lowest BCUT2D eigenvalue weighted by Crippen LogP contribution is -2.27. The number of rotatable bonds is 8. The van der Waals surface area contributed by atoms with Crippen LogP contribution >= 0.6 is 27.7 Å². The lowest BCUT2D eigenvalue weighted by molar-refractivity contribution is -0.120. The van der Waals surface area contributed by atoms with Crippen LogP contribution in [0.3, 0.4) is 0 Å². The standard InChI is InChI=1S/C19H20BrN7OS/c1-13(18(28)25-23-11-16-5-3-4-10-21-16)29-19-26-24-17(27(19)2)12-22-15-8-6-14(20)7-9-15/h3-11,13,22H,12H2,1-2H3,(H,25,28)/t13-/m1/s1. The molecule has 150 valence electrons. The molecule has 1 aromatic carbocycles. The van der Waals surface area contributed by atoms with Crippen molar-refractivity contribution in [3.63, 3.8) is 0 Å². The zero-order chi connectivity index (χ0) is 20.6. The van der Waals surface area contributed by atoms with Crippen LogP contribution < -0.4 is 10.7 Å². The van der Waals surface area contributed by atoms with Gasteiger partial charge in [0, 0.05) is 23.4 Å². The maximum atomic E-state index is 12.3. The van der Waals surface area contributed by atoms with Crippen LogP contribution in [0.4, 0.5) is 5.69 Å². The average molecular weight is 474 g/mol. The van der Waals surface area contributed by atoms with Crippen molar-refractivity contribution in [3.05, 3.63) is 64.7 Å². The van der Waals surface area contributed by atoms with E-state index in [1.165, 1.54) is 18.0 Å². The van der Waals surface area contributed by atoms with E-state index in [-0.39, 0.29) is 11.2 Å². The highest BCUT2D eigenvalue weighted by molar-refractivity contribution is 9.10. The first-order valence-electron chi connectivity index (χ1n) is 8.81. The van der Waals surface area contributed by atoms with Crippen LogP contribution in [-0.2, 0) is 18.4 Å². The zero-order valence-electron chi connectivity index (χ0n) is 15.9. The molecule has 0 unspecified atom stereocenters. The molecule has 0 radical (unpaired) electrons. The Labute approximate surface area is 181 Å². The number of thioether (sulfide) groups is 1. The number of amides is 1. The van der Waals surface area contributed by atoms with E-state index in [9.17, 15) is 4.79 Å². The van der Waals surface area contributed by atoms with E-state index < -0.39 is 0 Å². The fourth-order valence-corrected chi connectivity index (χ4v) is 3.36. The van der Waals surface area contributed by atoms with Crippen LogP contribution in [0.25, 0.3) is 0 Å². The fraction of sp³-hybridized carbons (Fsp3) is 0.211. The Kier molecular flexibility index (Phi) is 7.36. The Hall–Kier alpha value is -2.72. The Morgan fingerprint density at radius 3 is 2.79 bits per heavy atom.